The Labute approximate surface area is 120 Å². The molecule has 1 aromatic rings. The van der Waals surface area contributed by atoms with E-state index in [2.05, 4.69) is 10.7 Å². The lowest BCUT2D eigenvalue weighted by atomic mass is 9.99. The number of nitrogens with two attached hydrogens (primary N) is 2. The van der Waals surface area contributed by atoms with Crippen LogP contribution < -0.4 is 22.3 Å². The summed E-state index contributed by atoms with van der Waals surface area (Å²) in [6.45, 7) is 3.23. The van der Waals surface area contributed by atoms with Gasteiger partial charge in [-0.2, -0.15) is 0 Å². The minimum absolute atomic E-state index is 0.00393. The number of rotatable bonds is 6. The molecule has 114 valence electrons. The van der Waals surface area contributed by atoms with Gasteiger partial charge in [0.2, 0.25) is 5.91 Å². The van der Waals surface area contributed by atoms with Crippen LogP contribution in [0.2, 0.25) is 0 Å². The normalized spacial score (nSPS) is 10.8. The van der Waals surface area contributed by atoms with Crippen molar-refractivity contribution in [1.29, 1.82) is 0 Å². The molecule has 1 rings (SSSR count). The van der Waals surface area contributed by atoms with Crippen LogP contribution in [0.5, 0.6) is 0 Å². The number of nitrogens with one attached hydrogen (secondary N) is 2. The van der Waals surface area contributed by atoms with Gasteiger partial charge < -0.3 is 16.5 Å². The van der Waals surface area contributed by atoms with Crippen LogP contribution in [0.4, 0.5) is 11.4 Å². The fourth-order valence-corrected chi connectivity index (χ4v) is 1.81. The second-order valence-corrected chi connectivity index (χ2v) is 5.11. The maximum absolute atomic E-state index is 12.2. The Morgan fingerprint density at radius 3 is 2.48 bits per heavy atom. The average Bonchev–Trinajstić information content (AvgIpc) is 2.35. The quantitative estimate of drug-likeness (QED) is 0.335. The van der Waals surface area contributed by atoms with Crippen LogP contribution in [0.3, 0.4) is 0 Å². The molecular weight excluding hydrogens is 278 g/mol. The number of primary amides is 1. The van der Waals surface area contributed by atoms with E-state index in [1.54, 1.807) is 13.8 Å². The molecule has 2 amide bonds. The molecule has 0 aliphatic heterocycles. The number of nitro benzene ring substituents is 1. The van der Waals surface area contributed by atoms with Crippen molar-refractivity contribution in [3.05, 3.63) is 33.9 Å². The minimum Gasteiger partial charge on any atom is -0.370 e. The fourth-order valence-electron chi connectivity index (χ4n) is 1.81. The lowest BCUT2D eigenvalue weighted by Crippen LogP contribution is -2.46. The topological polar surface area (TPSA) is 153 Å². The maximum atomic E-state index is 12.2. The summed E-state index contributed by atoms with van der Waals surface area (Å²) in [5.74, 6) is 4.11. The summed E-state index contributed by atoms with van der Waals surface area (Å²) in [5.41, 5.74) is 6.50. The molecule has 0 bridgehead atoms. The molecule has 0 atom stereocenters. The summed E-state index contributed by atoms with van der Waals surface area (Å²) >= 11 is 0. The molecule has 21 heavy (non-hydrogen) atoms. The number of hydrogen-bond donors (Lipinski definition) is 4. The van der Waals surface area contributed by atoms with E-state index in [1.807, 2.05) is 0 Å². The second kappa shape index (κ2) is 6.18. The van der Waals surface area contributed by atoms with Gasteiger partial charge in [-0.3, -0.25) is 25.5 Å². The van der Waals surface area contributed by atoms with Gasteiger partial charge >= 0.3 is 0 Å². The number of benzene rings is 1. The molecule has 0 fully saturated rings. The SMILES string of the molecule is CC(C)(CC(N)=O)NC(=O)c1cc([N+](=O)[O-])ccc1NN. The Hall–Kier alpha value is -2.68. The van der Waals surface area contributed by atoms with E-state index in [0.29, 0.717) is 0 Å². The molecule has 6 N–H and O–H groups in total. The molecule has 0 saturated heterocycles. The predicted octanol–water partition coefficient (Wildman–Crippen LogP) is 0.264. The van der Waals surface area contributed by atoms with Crippen LogP contribution in [0.1, 0.15) is 30.6 Å². The molecular formula is C12H17N5O4. The molecule has 0 aliphatic rings. The first kappa shape index (κ1) is 16.4. The first-order valence-corrected chi connectivity index (χ1v) is 6.02. The molecule has 0 radical (unpaired) electrons. The molecule has 9 heteroatoms. The third kappa shape index (κ3) is 4.42. The summed E-state index contributed by atoms with van der Waals surface area (Å²) in [4.78, 5) is 33.3. The van der Waals surface area contributed by atoms with Gasteiger partial charge in [0.1, 0.15) is 0 Å². The lowest BCUT2D eigenvalue weighted by Gasteiger charge is -2.25. The van der Waals surface area contributed by atoms with Crippen LogP contribution in [0.25, 0.3) is 0 Å². The van der Waals surface area contributed by atoms with Crippen molar-refractivity contribution >= 4 is 23.2 Å². The second-order valence-electron chi connectivity index (χ2n) is 5.11. The van der Waals surface area contributed by atoms with Gasteiger partial charge in [-0.15, -0.1) is 0 Å². The van der Waals surface area contributed by atoms with E-state index in [1.165, 1.54) is 12.1 Å². The summed E-state index contributed by atoms with van der Waals surface area (Å²) in [6.07, 6.45) is -0.0704. The van der Waals surface area contributed by atoms with Crippen molar-refractivity contribution in [2.45, 2.75) is 25.8 Å². The zero-order valence-corrected chi connectivity index (χ0v) is 11.7. The molecule has 9 nitrogen and oxygen atoms in total. The molecule has 0 saturated carbocycles. The van der Waals surface area contributed by atoms with Gasteiger partial charge in [-0.25, -0.2) is 0 Å². The number of amides is 2. The largest absolute Gasteiger partial charge is 0.370 e. The number of nitrogens with zero attached hydrogens (tertiary/aromatic N) is 1. The maximum Gasteiger partial charge on any atom is 0.270 e. The Morgan fingerprint density at radius 1 is 1.38 bits per heavy atom. The standard InChI is InChI=1S/C12H17N5O4/c1-12(2,6-10(13)18)15-11(19)8-5-7(17(20)21)3-4-9(8)16-14/h3-5,16H,6,14H2,1-2H3,(H2,13,18)(H,15,19). The Kier molecular flexibility index (Phi) is 4.82. The minimum atomic E-state index is -0.889. The summed E-state index contributed by atoms with van der Waals surface area (Å²) in [6, 6.07) is 3.65. The molecule has 0 unspecified atom stereocenters. The highest BCUT2D eigenvalue weighted by Gasteiger charge is 2.25. The highest BCUT2D eigenvalue weighted by atomic mass is 16.6. The van der Waals surface area contributed by atoms with Crippen LogP contribution >= 0.6 is 0 Å². The van der Waals surface area contributed by atoms with Crippen molar-refractivity contribution in [3.63, 3.8) is 0 Å². The van der Waals surface area contributed by atoms with Crippen molar-refractivity contribution in [2.24, 2.45) is 11.6 Å². The molecule has 0 aliphatic carbocycles. The van der Waals surface area contributed by atoms with E-state index < -0.39 is 22.3 Å². The van der Waals surface area contributed by atoms with Gasteiger partial charge in [0, 0.05) is 24.1 Å². The number of hydrazine groups is 1. The molecule has 0 spiro atoms. The van der Waals surface area contributed by atoms with Crippen molar-refractivity contribution < 1.29 is 14.5 Å². The summed E-state index contributed by atoms with van der Waals surface area (Å²) in [7, 11) is 0. The van der Waals surface area contributed by atoms with Gasteiger partial charge in [0.05, 0.1) is 16.2 Å². The van der Waals surface area contributed by atoms with E-state index in [0.717, 1.165) is 6.07 Å². The number of carbonyl (C=O) groups excluding carboxylic acids is 2. The number of carbonyl (C=O) groups is 2. The average molecular weight is 295 g/mol. The van der Waals surface area contributed by atoms with Crippen molar-refractivity contribution in [3.8, 4) is 0 Å². The van der Waals surface area contributed by atoms with Crippen LogP contribution in [0, 0.1) is 10.1 Å². The van der Waals surface area contributed by atoms with Gasteiger partial charge in [0.15, 0.2) is 0 Å². The van der Waals surface area contributed by atoms with Gasteiger partial charge in [0.25, 0.3) is 11.6 Å². The molecule has 0 heterocycles. The number of hydrogen-bond acceptors (Lipinski definition) is 6. The third-order valence-corrected chi connectivity index (χ3v) is 2.68. The fraction of sp³-hybridized carbons (Fsp3) is 0.333. The highest BCUT2D eigenvalue weighted by molar-refractivity contribution is 6.00. The number of nitrogen functional groups attached to an aromatic ring is 1. The van der Waals surface area contributed by atoms with Crippen molar-refractivity contribution in [2.75, 3.05) is 5.43 Å². The van der Waals surface area contributed by atoms with Crippen LogP contribution in [-0.2, 0) is 4.79 Å². The predicted molar refractivity (Wildman–Crippen MR) is 76.3 cm³/mol. The molecule has 1 aromatic carbocycles. The van der Waals surface area contributed by atoms with Crippen molar-refractivity contribution in [1.82, 2.24) is 5.32 Å². The molecule has 0 aromatic heterocycles. The van der Waals surface area contributed by atoms with Gasteiger partial charge in [-0.1, -0.05) is 0 Å². The van der Waals surface area contributed by atoms with E-state index in [-0.39, 0.29) is 23.4 Å². The smallest absolute Gasteiger partial charge is 0.270 e. The Morgan fingerprint density at radius 2 is 2.00 bits per heavy atom. The first-order valence-electron chi connectivity index (χ1n) is 6.02. The van der Waals surface area contributed by atoms with E-state index >= 15 is 0 Å². The zero-order valence-electron chi connectivity index (χ0n) is 11.7. The van der Waals surface area contributed by atoms with E-state index in [4.69, 9.17) is 11.6 Å². The summed E-state index contributed by atoms with van der Waals surface area (Å²) < 4.78 is 0. The first-order chi connectivity index (χ1) is 9.66. The van der Waals surface area contributed by atoms with Gasteiger partial charge in [-0.05, 0) is 19.9 Å². The number of nitro groups is 1. The van der Waals surface area contributed by atoms with Crippen LogP contribution in [-0.4, -0.2) is 22.3 Å². The monoisotopic (exact) mass is 295 g/mol. The summed E-state index contributed by atoms with van der Waals surface area (Å²) in [5, 5.41) is 13.4. The third-order valence-electron chi connectivity index (χ3n) is 2.68. The Bertz CT molecular complexity index is 585. The number of non-ortho nitro benzene ring substituents is 1. The highest BCUT2D eigenvalue weighted by Crippen LogP contribution is 2.22. The Balaban J connectivity index is 3.08. The van der Waals surface area contributed by atoms with Crippen LogP contribution in [0.15, 0.2) is 18.2 Å². The van der Waals surface area contributed by atoms with E-state index in [9.17, 15) is 19.7 Å². The number of anilines is 1. The zero-order chi connectivity index (χ0) is 16.2. The lowest BCUT2D eigenvalue weighted by molar-refractivity contribution is -0.384.